The summed E-state index contributed by atoms with van der Waals surface area (Å²) < 4.78 is 1.88. The third kappa shape index (κ3) is 2.12. The quantitative estimate of drug-likeness (QED) is 0.777. The van der Waals surface area contributed by atoms with E-state index in [1.165, 1.54) is 6.20 Å². The van der Waals surface area contributed by atoms with E-state index in [1.807, 2.05) is 36.0 Å². The normalized spacial score (nSPS) is 10.8. The van der Waals surface area contributed by atoms with Gasteiger partial charge in [0.25, 0.3) is 0 Å². The molecule has 2 aromatic rings. The summed E-state index contributed by atoms with van der Waals surface area (Å²) >= 11 is 0. The smallest absolute Gasteiger partial charge is 0.207 e. The summed E-state index contributed by atoms with van der Waals surface area (Å²) in [6, 6.07) is 7.58. The summed E-state index contributed by atoms with van der Waals surface area (Å²) in [5, 5.41) is 7.99. The maximum Gasteiger partial charge on any atom is 0.207 e. The Morgan fingerprint density at radius 1 is 1.38 bits per heavy atom. The van der Waals surface area contributed by atoms with Gasteiger partial charge >= 0.3 is 0 Å². The number of aromatic nitrogens is 2. The summed E-state index contributed by atoms with van der Waals surface area (Å²) in [5.41, 5.74) is 0.895. The lowest BCUT2D eigenvalue weighted by Gasteiger charge is -2.08. The van der Waals surface area contributed by atoms with Gasteiger partial charge < -0.3 is 5.32 Å². The van der Waals surface area contributed by atoms with Crippen molar-refractivity contribution in [1.29, 1.82) is 0 Å². The molecule has 1 aromatic carbocycles. The first-order chi connectivity index (χ1) is 7.83. The highest BCUT2D eigenvalue weighted by atomic mass is 16.1. The molecule has 0 saturated carbocycles. The summed E-state index contributed by atoms with van der Waals surface area (Å²) in [6.07, 6.45) is 2.39. The first-order valence-corrected chi connectivity index (χ1v) is 5.42. The SMILES string of the molecule is CNCCCn1ncc(=O)c2ccccc21. The van der Waals surface area contributed by atoms with E-state index in [0.717, 1.165) is 30.4 Å². The van der Waals surface area contributed by atoms with E-state index < -0.39 is 0 Å². The molecule has 0 spiro atoms. The lowest BCUT2D eigenvalue weighted by Crippen LogP contribution is -2.15. The number of rotatable bonds is 4. The summed E-state index contributed by atoms with van der Waals surface area (Å²) in [5.74, 6) is 0. The van der Waals surface area contributed by atoms with Crippen molar-refractivity contribution < 1.29 is 0 Å². The number of nitrogens with one attached hydrogen (secondary N) is 1. The Morgan fingerprint density at radius 2 is 2.19 bits per heavy atom. The first-order valence-electron chi connectivity index (χ1n) is 5.42. The molecular formula is C12H15N3O. The molecule has 0 unspecified atom stereocenters. The van der Waals surface area contributed by atoms with Gasteiger partial charge in [-0.2, -0.15) is 5.10 Å². The first kappa shape index (κ1) is 10.8. The van der Waals surface area contributed by atoms with Crippen molar-refractivity contribution in [2.75, 3.05) is 13.6 Å². The second-order valence-electron chi connectivity index (χ2n) is 3.71. The van der Waals surface area contributed by atoms with Gasteiger partial charge in [0.2, 0.25) is 5.43 Å². The van der Waals surface area contributed by atoms with Crippen LogP contribution in [0, 0.1) is 0 Å². The molecular weight excluding hydrogens is 202 g/mol. The molecule has 1 heterocycles. The van der Waals surface area contributed by atoms with Crippen molar-refractivity contribution in [2.24, 2.45) is 0 Å². The second-order valence-corrected chi connectivity index (χ2v) is 3.71. The molecule has 1 N–H and O–H groups in total. The van der Waals surface area contributed by atoms with E-state index in [0.29, 0.717) is 0 Å². The summed E-state index contributed by atoms with van der Waals surface area (Å²) in [6.45, 7) is 1.77. The van der Waals surface area contributed by atoms with E-state index in [2.05, 4.69) is 10.4 Å². The zero-order chi connectivity index (χ0) is 11.4. The Bertz CT molecular complexity index is 533. The topological polar surface area (TPSA) is 46.9 Å². The van der Waals surface area contributed by atoms with Gasteiger partial charge in [0.05, 0.1) is 11.7 Å². The fourth-order valence-electron chi connectivity index (χ4n) is 1.74. The lowest BCUT2D eigenvalue weighted by molar-refractivity contribution is 0.569. The number of aryl methyl sites for hydroxylation is 1. The van der Waals surface area contributed by atoms with Gasteiger partial charge in [-0.25, -0.2) is 0 Å². The fourth-order valence-corrected chi connectivity index (χ4v) is 1.74. The molecule has 0 atom stereocenters. The average Bonchev–Trinajstić information content (AvgIpc) is 2.33. The van der Waals surface area contributed by atoms with Crippen molar-refractivity contribution in [2.45, 2.75) is 13.0 Å². The van der Waals surface area contributed by atoms with Crippen LogP contribution < -0.4 is 10.7 Å². The molecule has 0 aliphatic carbocycles. The van der Waals surface area contributed by atoms with Crippen LogP contribution in [-0.2, 0) is 6.54 Å². The lowest BCUT2D eigenvalue weighted by atomic mass is 10.2. The van der Waals surface area contributed by atoms with Crippen LogP contribution in [0.4, 0.5) is 0 Å². The summed E-state index contributed by atoms with van der Waals surface area (Å²) in [7, 11) is 1.93. The van der Waals surface area contributed by atoms with E-state index in [9.17, 15) is 4.79 Å². The van der Waals surface area contributed by atoms with E-state index >= 15 is 0 Å². The van der Waals surface area contributed by atoms with Crippen LogP contribution in [0.15, 0.2) is 35.3 Å². The number of para-hydroxylation sites is 1. The Morgan fingerprint density at radius 3 is 3.00 bits per heavy atom. The van der Waals surface area contributed by atoms with Crippen molar-refractivity contribution in [1.82, 2.24) is 15.1 Å². The van der Waals surface area contributed by atoms with Crippen molar-refractivity contribution in [3.8, 4) is 0 Å². The molecule has 0 bridgehead atoms. The maximum absolute atomic E-state index is 11.6. The highest BCUT2D eigenvalue weighted by Crippen LogP contribution is 2.07. The molecule has 2 rings (SSSR count). The second kappa shape index (κ2) is 4.90. The highest BCUT2D eigenvalue weighted by Gasteiger charge is 2.02. The van der Waals surface area contributed by atoms with E-state index in [-0.39, 0.29) is 5.43 Å². The van der Waals surface area contributed by atoms with Crippen LogP contribution in [0.1, 0.15) is 6.42 Å². The third-order valence-electron chi connectivity index (χ3n) is 2.56. The molecule has 84 valence electrons. The maximum atomic E-state index is 11.6. The summed E-state index contributed by atoms with van der Waals surface area (Å²) in [4.78, 5) is 11.6. The Labute approximate surface area is 93.9 Å². The van der Waals surface area contributed by atoms with Gasteiger partial charge in [0.1, 0.15) is 0 Å². The fraction of sp³-hybridized carbons (Fsp3) is 0.333. The zero-order valence-electron chi connectivity index (χ0n) is 9.31. The molecule has 0 aliphatic rings. The van der Waals surface area contributed by atoms with Crippen molar-refractivity contribution in [3.63, 3.8) is 0 Å². The van der Waals surface area contributed by atoms with Crippen molar-refractivity contribution >= 4 is 10.9 Å². The van der Waals surface area contributed by atoms with E-state index in [4.69, 9.17) is 0 Å². The molecule has 0 saturated heterocycles. The van der Waals surface area contributed by atoms with Crippen LogP contribution in [0.3, 0.4) is 0 Å². The third-order valence-corrected chi connectivity index (χ3v) is 2.56. The average molecular weight is 217 g/mol. The minimum absolute atomic E-state index is 0.0135. The van der Waals surface area contributed by atoms with Gasteiger partial charge in [-0.1, -0.05) is 12.1 Å². The van der Waals surface area contributed by atoms with Crippen LogP contribution in [0.2, 0.25) is 0 Å². The van der Waals surface area contributed by atoms with Gasteiger partial charge in [-0.3, -0.25) is 9.48 Å². The molecule has 0 fully saturated rings. The van der Waals surface area contributed by atoms with Crippen LogP contribution in [-0.4, -0.2) is 23.4 Å². The monoisotopic (exact) mass is 217 g/mol. The minimum atomic E-state index is -0.0135. The number of nitrogens with zero attached hydrogens (tertiary/aromatic N) is 2. The Balaban J connectivity index is 2.38. The van der Waals surface area contributed by atoms with Crippen LogP contribution >= 0.6 is 0 Å². The van der Waals surface area contributed by atoms with Gasteiger partial charge in [-0.05, 0) is 32.1 Å². The number of hydrogen-bond acceptors (Lipinski definition) is 3. The van der Waals surface area contributed by atoms with Crippen molar-refractivity contribution in [3.05, 3.63) is 40.7 Å². The van der Waals surface area contributed by atoms with Gasteiger partial charge in [0, 0.05) is 11.9 Å². The number of hydrogen-bond donors (Lipinski definition) is 1. The molecule has 16 heavy (non-hydrogen) atoms. The molecule has 1 aromatic heterocycles. The number of benzene rings is 1. The molecule has 4 nitrogen and oxygen atoms in total. The standard InChI is InChI=1S/C12H15N3O/c1-13-7-4-8-15-11-6-3-2-5-10(11)12(16)9-14-15/h2-3,5-6,9,13H,4,7-8H2,1H3. The van der Waals surface area contributed by atoms with Gasteiger partial charge in [0.15, 0.2) is 0 Å². The molecule has 0 radical (unpaired) electrons. The largest absolute Gasteiger partial charge is 0.320 e. The molecule has 4 heteroatoms. The number of fused-ring (bicyclic) bond motifs is 1. The predicted octanol–water partition coefficient (Wildman–Crippen LogP) is 1.01. The molecule has 0 aliphatic heterocycles. The van der Waals surface area contributed by atoms with E-state index in [1.54, 1.807) is 0 Å². The minimum Gasteiger partial charge on any atom is -0.320 e. The Hall–Kier alpha value is -1.68. The molecule has 0 amide bonds. The highest BCUT2D eigenvalue weighted by molar-refractivity contribution is 5.77. The Kier molecular flexibility index (Phi) is 3.31. The van der Waals surface area contributed by atoms with Crippen LogP contribution in [0.5, 0.6) is 0 Å². The zero-order valence-corrected chi connectivity index (χ0v) is 9.31. The van der Waals surface area contributed by atoms with Crippen LogP contribution in [0.25, 0.3) is 10.9 Å². The predicted molar refractivity (Wildman–Crippen MR) is 64.5 cm³/mol. The van der Waals surface area contributed by atoms with Gasteiger partial charge in [-0.15, -0.1) is 0 Å².